The van der Waals surface area contributed by atoms with Crippen LogP contribution in [-0.2, 0) is 0 Å². The first-order chi connectivity index (χ1) is 7.06. The molecule has 2 saturated carbocycles. The lowest BCUT2D eigenvalue weighted by atomic mass is 9.85. The molecule has 0 aliphatic heterocycles. The van der Waals surface area contributed by atoms with Crippen LogP contribution in [-0.4, -0.2) is 0 Å². The van der Waals surface area contributed by atoms with Crippen LogP contribution in [0.5, 0.6) is 0 Å². The predicted octanol–water partition coefficient (Wildman–Crippen LogP) is 4.73. The Bertz CT molecular complexity index is 293. The van der Waals surface area contributed by atoms with E-state index in [4.69, 9.17) is 0 Å². The van der Waals surface area contributed by atoms with Crippen molar-refractivity contribution < 1.29 is 0 Å². The maximum absolute atomic E-state index is 4.20. The lowest BCUT2D eigenvalue weighted by Gasteiger charge is -2.20. The standard InChI is InChI=1S/C15H24/c1-11(2)6-5-7-13(4)15-9-8-12(3)14(15)10-15/h6,13-14H,3,5,7-10H2,1-2,4H3/t13?,14-,15+/m0/s1. The largest absolute Gasteiger partial charge is 0.0996 e. The van der Waals surface area contributed by atoms with Crippen LogP contribution in [0.3, 0.4) is 0 Å². The smallest absolute Gasteiger partial charge is 0.0141 e. The van der Waals surface area contributed by atoms with Gasteiger partial charge < -0.3 is 0 Å². The minimum Gasteiger partial charge on any atom is -0.0996 e. The Balaban J connectivity index is 1.85. The summed E-state index contributed by atoms with van der Waals surface area (Å²) in [6.07, 6.45) is 9.19. The molecule has 0 nitrogen and oxygen atoms in total. The first kappa shape index (κ1) is 11.0. The van der Waals surface area contributed by atoms with Gasteiger partial charge in [0.1, 0.15) is 0 Å². The van der Waals surface area contributed by atoms with E-state index in [0.29, 0.717) is 5.41 Å². The van der Waals surface area contributed by atoms with Gasteiger partial charge >= 0.3 is 0 Å². The van der Waals surface area contributed by atoms with E-state index in [0.717, 1.165) is 11.8 Å². The van der Waals surface area contributed by atoms with Crippen LogP contribution >= 0.6 is 0 Å². The molecule has 0 aromatic heterocycles. The fourth-order valence-electron chi connectivity index (χ4n) is 3.42. The molecule has 2 rings (SSSR count). The van der Waals surface area contributed by atoms with Crippen molar-refractivity contribution >= 4 is 0 Å². The summed E-state index contributed by atoms with van der Waals surface area (Å²) >= 11 is 0. The van der Waals surface area contributed by atoms with Crippen molar-refractivity contribution in [2.24, 2.45) is 17.3 Å². The van der Waals surface area contributed by atoms with Crippen molar-refractivity contribution in [1.82, 2.24) is 0 Å². The maximum Gasteiger partial charge on any atom is -0.0141 e. The fraction of sp³-hybridized carbons (Fsp3) is 0.733. The van der Waals surface area contributed by atoms with Gasteiger partial charge in [0, 0.05) is 0 Å². The van der Waals surface area contributed by atoms with Gasteiger partial charge in [0.15, 0.2) is 0 Å². The van der Waals surface area contributed by atoms with Crippen molar-refractivity contribution in [3.63, 3.8) is 0 Å². The Labute approximate surface area is 94.5 Å². The first-order valence-corrected chi connectivity index (χ1v) is 6.37. The normalized spacial score (nSPS) is 34.9. The number of fused-ring (bicyclic) bond motifs is 1. The SMILES string of the molecule is C=C1CC[C@]2(C(C)CCC=C(C)C)C[C@@H]12. The predicted molar refractivity (Wildman–Crippen MR) is 66.7 cm³/mol. The van der Waals surface area contributed by atoms with Gasteiger partial charge in [0.25, 0.3) is 0 Å². The molecule has 2 aliphatic carbocycles. The monoisotopic (exact) mass is 204 g/mol. The molecule has 1 unspecified atom stereocenters. The summed E-state index contributed by atoms with van der Waals surface area (Å²) in [7, 11) is 0. The van der Waals surface area contributed by atoms with Crippen LogP contribution in [0, 0.1) is 17.3 Å². The Morgan fingerprint density at radius 1 is 1.60 bits per heavy atom. The van der Waals surface area contributed by atoms with Gasteiger partial charge in [0.2, 0.25) is 0 Å². The highest BCUT2D eigenvalue weighted by Gasteiger charge is 2.60. The second kappa shape index (κ2) is 3.81. The molecular formula is C15H24. The average molecular weight is 204 g/mol. The Morgan fingerprint density at radius 2 is 2.33 bits per heavy atom. The highest BCUT2D eigenvalue weighted by Crippen LogP contribution is 2.69. The summed E-state index contributed by atoms with van der Waals surface area (Å²) in [4.78, 5) is 0. The van der Waals surface area contributed by atoms with Gasteiger partial charge in [-0.05, 0) is 63.2 Å². The second-order valence-corrected chi connectivity index (χ2v) is 5.91. The third kappa shape index (κ3) is 1.91. The molecule has 0 aromatic rings. The van der Waals surface area contributed by atoms with Crippen molar-refractivity contribution in [3.8, 4) is 0 Å². The molecular weight excluding hydrogens is 180 g/mol. The van der Waals surface area contributed by atoms with Gasteiger partial charge in [-0.15, -0.1) is 0 Å². The van der Waals surface area contributed by atoms with Crippen molar-refractivity contribution in [1.29, 1.82) is 0 Å². The molecule has 0 heteroatoms. The zero-order chi connectivity index (χ0) is 11.1. The van der Waals surface area contributed by atoms with Crippen molar-refractivity contribution in [2.75, 3.05) is 0 Å². The third-order valence-corrected chi connectivity index (χ3v) is 4.66. The van der Waals surface area contributed by atoms with E-state index in [1.54, 1.807) is 5.57 Å². The molecule has 84 valence electrons. The van der Waals surface area contributed by atoms with Crippen molar-refractivity contribution in [2.45, 2.75) is 52.9 Å². The van der Waals surface area contributed by atoms with E-state index in [1.807, 2.05) is 0 Å². The summed E-state index contributed by atoms with van der Waals surface area (Å²) in [6.45, 7) is 11.0. The summed E-state index contributed by atoms with van der Waals surface area (Å²) in [5.41, 5.74) is 3.71. The molecule has 0 spiro atoms. The lowest BCUT2D eigenvalue weighted by Crippen LogP contribution is -2.11. The Kier molecular flexibility index (Phi) is 2.79. The average Bonchev–Trinajstić information content (AvgIpc) is 2.82. The molecule has 0 aromatic carbocycles. The van der Waals surface area contributed by atoms with E-state index in [2.05, 4.69) is 33.4 Å². The number of rotatable bonds is 4. The molecule has 0 radical (unpaired) electrons. The van der Waals surface area contributed by atoms with Gasteiger partial charge in [-0.3, -0.25) is 0 Å². The molecule has 2 aliphatic rings. The van der Waals surface area contributed by atoms with E-state index < -0.39 is 0 Å². The number of hydrogen-bond acceptors (Lipinski definition) is 0. The van der Waals surface area contributed by atoms with Crippen LogP contribution in [0.25, 0.3) is 0 Å². The molecule has 15 heavy (non-hydrogen) atoms. The summed E-state index contributed by atoms with van der Waals surface area (Å²) in [5.74, 6) is 1.80. The Morgan fingerprint density at radius 3 is 2.80 bits per heavy atom. The molecule has 2 fully saturated rings. The quantitative estimate of drug-likeness (QED) is 0.581. The fourth-order valence-corrected chi connectivity index (χ4v) is 3.42. The van der Waals surface area contributed by atoms with Crippen LogP contribution in [0.4, 0.5) is 0 Å². The minimum absolute atomic E-state index is 0.701. The van der Waals surface area contributed by atoms with Crippen LogP contribution in [0.1, 0.15) is 52.9 Å². The molecule has 0 heterocycles. The zero-order valence-electron chi connectivity index (χ0n) is 10.5. The summed E-state index contributed by atoms with van der Waals surface area (Å²) in [6, 6.07) is 0. The van der Waals surface area contributed by atoms with E-state index in [-0.39, 0.29) is 0 Å². The lowest BCUT2D eigenvalue weighted by molar-refractivity contribution is 0.302. The third-order valence-electron chi connectivity index (χ3n) is 4.66. The Hall–Kier alpha value is -0.520. The highest BCUT2D eigenvalue weighted by molar-refractivity contribution is 5.26. The van der Waals surface area contributed by atoms with E-state index in [9.17, 15) is 0 Å². The van der Waals surface area contributed by atoms with Gasteiger partial charge in [-0.2, -0.15) is 0 Å². The number of allylic oxidation sites excluding steroid dienone is 3. The van der Waals surface area contributed by atoms with Gasteiger partial charge in [0.05, 0.1) is 0 Å². The molecule has 0 saturated heterocycles. The van der Waals surface area contributed by atoms with E-state index >= 15 is 0 Å². The maximum atomic E-state index is 4.20. The van der Waals surface area contributed by atoms with Crippen LogP contribution in [0.15, 0.2) is 23.8 Å². The van der Waals surface area contributed by atoms with Crippen molar-refractivity contribution in [3.05, 3.63) is 23.8 Å². The number of hydrogen-bond donors (Lipinski definition) is 0. The molecule has 0 bridgehead atoms. The molecule has 0 amide bonds. The first-order valence-electron chi connectivity index (χ1n) is 6.37. The van der Waals surface area contributed by atoms with Gasteiger partial charge in [-0.1, -0.05) is 30.7 Å². The van der Waals surface area contributed by atoms with Crippen LogP contribution < -0.4 is 0 Å². The van der Waals surface area contributed by atoms with E-state index in [1.165, 1.54) is 37.7 Å². The molecule has 0 N–H and O–H groups in total. The molecule has 3 atom stereocenters. The van der Waals surface area contributed by atoms with Gasteiger partial charge in [-0.25, -0.2) is 0 Å². The second-order valence-electron chi connectivity index (χ2n) is 5.91. The van der Waals surface area contributed by atoms with Crippen LogP contribution in [0.2, 0.25) is 0 Å². The highest BCUT2D eigenvalue weighted by atomic mass is 14.6. The topological polar surface area (TPSA) is 0 Å². The summed E-state index contributed by atoms with van der Waals surface area (Å²) < 4.78 is 0. The summed E-state index contributed by atoms with van der Waals surface area (Å²) in [5, 5.41) is 0. The minimum atomic E-state index is 0.701. The zero-order valence-corrected chi connectivity index (χ0v) is 10.5.